The zero-order valence-electron chi connectivity index (χ0n) is 20.4. The van der Waals surface area contributed by atoms with E-state index < -0.39 is 17.5 Å². The summed E-state index contributed by atoms with van der Waals surface area (Å²) in [5.74, 6) is -0.133. The molecule has 1 fully saturated rings. The first kappa shape index (κ1) is 25.2. The molecule has 4 aromatic rings. The van der Waals surface area contributed by atoms with E-state index in [4.69, 9.17) is 0 Å². The number of anilines is 3. The Labute approximate surface area is 216 Å². The molecule has 37 heavy (non-hydrogen) atoms. The summed E-state index contributed by atoms with van der Waals surface area (Å²) in [7, 11) is 0. The van der Waals surface area contributed by atoms with E-state index in [0.717, 1.165) is 41.4 Å². The molecule has 192 valence electrons. The number of aliphatic hydroxyl groups is 1. The van der Waals surface area contributed by atoms with Crippen molar-refractivity contribution in [3.8, 4) is 10.4 Å². The van der Waals surface area contributed by atoms with Crippen LogP contribution in [-0.4, -0.2) is 33.1 Å². The van der Waals surface area contributed by atoms with Crippen LogP contribution in [0.4, 0.5) is 30.5 Å². The average molecular weight is 526 g/mol. The first-order valence-electron chi connectivity index (χ1n) is 11.9. The van der Waals surface area contributed by atoms with E-state index in [1.807, 2.05) is 37.3 Å². The molecule has 0 saturated carbocycles. The zero-order chi connectivity index (χ0) is 26.2. The van der Waals surface area contributed by atoms with E-state index in [0.29, 0.717) is 23.5 Å². The normalized spacial score (nSPS) is 15.6. The third kappa shape index (κ3) is 5.45. The molecule has 0 aliphatic carbocycles. The van der Waals surface area contributed by atoms with E-state index in [9.17, 15) is 18.3 Å². The van der Waals surface area contributed by atoms with Crippen LogP contribution in [0.25, 0.3) is 10.4 Å². The maximum absolute atomic E-state index is 13.0. The van der Waals surface area contributed by atoms with Crippen molar-refractivity contribution in [2.75, 3.05) is 23.3 Å². The Kier molecular flexibility index (Phi) is 6.63. The molecule has 0 radical (unpaired) electrons. The van der Waals surface area contributed by atoms with E-state index in [1.165, 1.54) is 22.6 Å². The molecular formula is C27H26F3N5OS. The number of thiazole rings is 1. The zero-order valence-corrected chi connectivity index (χ0v) is 21.2. The Hall–Kier alpha value is -3.50. The van der Waals surface area contributed by atoms with Crippen molar-refractivity contribution in [3.05, 3.63) is 82.8 Å². The number of para-hydroxylation sites is 1. The summed E-state index contributed by atoms with van der Waals surface area (Å²) in [4.78, 5) is 15.2. The third-order valence-electron chi connectivity index (χ3n) is 6.51. The van der Waals surface area contributed by atoms with Crippen molar-refractivity contribution in [2.45, 2.75) is 38.5 Å². The van der Waals surface area contributed by atoms with Crippen LogP contribution in [0.3, 0.4) is 0 Å². The smallest absolute Gasteiger partial charge is 0.383 e. The van der Waals surface area contributed by atoms with Gasteiger partial charge in [0, 0.05) is 49.7 Å². The van der Waals surface area contributed by atoms with Gasteiger partial charge in [0.15, 0.2) is 0 Å². The number of nitrogens with one attached hydrogen (secondary N) is 1. The van der Waals surface area contributed by atoms with Gasteiger partial charge in [-0.25, -0.2) is 15.0 Å². The molecule has 2 aromatic heterocycles. The van der Waals surface area contributed by atoms with Gasteiger partial charge in [0.05, 0.1) is 4.88 Å². The van der Waals surface area contributed by atoms with Gasteiger partial charge in [0.2, 0.25) is 5.95 Å². The molecule has 2 aromatic carbocycles. The van der Waals surface area contributed by atoms with Crippen molar-refractivity contribution < 1.29 is 18.3 Å². The topological polar surface area (TPSA) is 74.2 Å². The number of alkyl halides is 3. The van der Waals surface area contributed by atoms with Crippen LogP contribution in [0.1, 0.15) is 34.7 Å². The van der Waals surface area contributed by atoms with Gasteiger partial charge in [-0.3, -0.25) is 0 Å². The lowest BCUT2D eigenvalue weighted by Crippen LogP contribution is -2.42. The molecule has 10 heteroatoms. The van der Waals surface area contributed by atoms with Crippen molar-refractivity contribution in [1.82, 2.24) is 15.0 Å². The quantitative estimate of drug-likeness (QED) is 0.311. The van der Waals surface area contributed by atoms with Gasteiger partial charge < -0.3 is 15.3 Å². The van der Waals surface area contributed by atoms with Crippen molar-refractivity contribution in [2.24, 2.45) is 0 Å². The van der Waals surface area contributed by atoms with Crippen LogP contribution in [0, 0.1) is 13.8 Å². The molecule has 6 nitrogen and oxygen atoms in total. The van der Waals surface area contributed by atoms with Gasteiger partial charge in [-0.2, -0.15) is 13.2 Å². The molecule has 0 amide bonds. The largest absolute Gasteiger partial charge is 0.433 e. The fourth-order valence-corrected chi connectivity index (χ4v) is 5.62. The number of aromatic nitrogens is 3. The second-order valence-corrected chi connectivity index (χ2v) is 10.3. The molecule has 0 atom stereocenters. The minimum atomic E-state index is -4.55. The molecule has 0 unspecified atom stereocenters. The predicted octanol–water partition coefficient (Wildman–Crippen LogP) is 6.47. The Bertz CT molecular complexity index is 1410. The number of piperidine rings is 1. The van der Waals surface area contributed by atoms with Crippen LogP contribution in [0.2, 0.25) is 0 Å². The maximum Gasteiger partial charge on any atom is 0.433 e. The summed E-state index contributed by atoms with van der Waals surface area (Å²) >= 11 is 1.43. The Morgan fingerprint density at radius 2 is 1.78 bits per heavy atom. The second-order valence-electron chi connectivity index (χ2n) is 9.31. The van der Waals surface area contributed by atoms with E-state index in [1.54, 1.807) is 6.20 Å². The Balaban J connectivity index is 1.33. The van der Waals surface area contributed by atoms with Gasteiger partial charge in [-0.15, -0.1) is 11.3 Å². The average Bonchev–Trinajstić information content (AvgIpc) is 3.36. The highest BCUT2D eigenvalue weighted by Gasteiger charge is 2.37. The molecule has 0 spiro atoms. The van der Waals surface area contributed by atoms with Crippen LogP contribution >= 0.6 is 11.3 Å². The van der Waals surface area contributed by atoms with Crippen molar-refractivity contribution in [3.63, 3.8) is 0 Å². The fraction of sp³-hybridized carbons (Fsp3) is 0.296. The molecule has 1 aliphatic heterocycles. The fourth-order valence-electron chi connectivity index (χ4n) is 4.58. The molecular weight excluding hydrogens is 499 g/mol. The minimum absolute atomic E-state index is 0.133. The first-order valence-corrected chi connectivity index (χ1v) is 12.7. The lowest BCUT2D eigenvalue weighted by atomic mass is 9.91. The van der Waals surface area contributed by atoms with Crippen LogP contribution in [-0.2, 0) is 11.8 Å². The number of rotatable bonds is 5. The first-order chi connectivity index (χ1) is 17.6. The van der Waals surface area contributed by atoms with E-state index in [2.05, 4.69) is 44.2 Å². The summed E-state index contributed by atoms with van der Waals surface area (Å²) in [6.45, 7) is 5.45. The van der Waals surface area contributed by atoms with Gasteiger partial charge >= 0.3 is 6.18 Å². The van der Waals surface area contributed by atoms with Gasteiger partial charge in [-0.1, -0.05) is 24.3 Å². The molecule has 5 rings (SSSR count). The SMILES string of the molecule is Cc1cc(Nc2nccc(C(F)(F)F)n2)cc(-c2cnc(C3(O)CCN(c4ccccc4C)CC3)s2)c1. The Morgan fingerprint density at radius 3 is 2.51 bits per heavy atom. The summed E-state index contributed by atoms with van der Waals surface area (Å²) < 4.78 is 39.1. The Morgan fingerprint density at radius 1 is 1.03 bits per heavy atom. The van der Waals surface area contributed by atoms with Crippen LogP contribution in [0.15, 0.2) is 60.9 Å². The summed E-state index contributed by atoms with van der Waals surface area (Å²) in [5.41, 5.74) is 2.71. The van der Waals surface area contributed by atoms with E-state index >= 15 is 0 Å². The van der Waals surface area contributed by atoms with E-state index in [-0.39, 0.29) is 5.95 Å². The number of benzene rings is 2. The van der Waals surface area contributed by atoms with Crippen molar-refractivity contribution >= 4 is 28.7 Å². The molecule has 2 N–H and O–H groups in total. The summed E-state index contributed by atoms with van der Waals surface area (Å²) in [6.07, 6.45) is -0.587. The van der Waals surface area contributed by atoms with Crippen molar-refractivity contribution in [1.29, 1.82) is 0 Å². The van der Waals surface area contributed by atoms with Crippen LogP contribution in [0.5, 0.6) is 0 Å². The van der Waals surface area contributed by atoms with Gasteiger partial charge in [-0.05, 0) is 54.8 Å². The predicted molar refractivity (Wildman–Crippen MR) is 139 cm³/mol. The lowest BCUT2D eigenvalue weighted by Gasteiger charge is -2.38. The highest BCUT2D eigenvalue weighted by molar-refractivity contribution is 7.15. The molecule has 1 saturated heterocycles. The number of nitrogens with zero attached hydrogens (tertiary/aromatic N) is 4. The molecule has 0 bridgehead atoms. The molecule has 3 heterocycles. The van der Waals surface area contributed by atoms with Gasteiger partial charge in [0.25, 0.3) is 0 Å². The third-order valence-corrected chi connectivity index (χ3v) is 7.75. The summed E-state index contributed by atoms with van der Waals surface area (Å²) in [5, 5.41) is 15.0. The molecule has 1 aliphatic rings. The maximum atomic E-state index is 13.0. The number of hydrogen-bond donors (Lipinski definition) is 2. The van der Waals surface area contributed by atoms with Crippen LogP contribution < -0.4 is 10.2 Å². The summed E-state index contributed by atoms with van der Waals surface area (Å²) in [6, 6.07) is 14.7. The highest BCUT2D eigenvalue weighted by atomic mass is 32.1. The number of hydrogen-bond acceptors (Lipinski definition) is 7. The highest BCUT2D eigenvalue weighted by Crippen LogP contribution is 2.40. The lowest BCUT2D eigenvalue weighted by molar-refractivity contribution is -0.141. The number of aryl methyl sites for hydroxylation is 2. The standard InChI is InChI=1S/C27H26F3N5OS/c1-17-13-19(15-20(14-17)33-25-31-10-7-23(34-25)27(28,29)30)22-16-32-24(37-22)26(36)8-11-35(12-9-26)21-6-4-3-5-18(21)2/h3-7,10,13-16,36H,8-9,11-12H2,1-2H3,(H,31,33,34). The van der Waals surface area contributed by atoms with Gasteiger partial charge in [0.1, 0.15) is 16.3 Å². The number of halogens is 3. The monoisotopic (exact) mass is 525 g/mol. The minimum Gasteiger partial charge on any atom is -0.383 e. The second kappa shape index (κ2) is 9.75.